The number of carbonyl (C=O) groups excluding carboxylic acids is 1. The highest BCUT2D eigenvalue weighted by Crippen LogP contribution is 2.25. The first-order valence-corrected chi connectivity index (χ1v) is 8.12. The zero-order valence-electron chi connectivity index (χ0n) is 13.3. The molecule has 23 heavy (non-hydrogen) atoms. The number of nitrogens with zero attached hydrogens (tertiary/aromatic N) is 2. The fourth-order valence-electron chi connectivity index (χ4n) is 3.18. The van der Waals surface area contributed by atoms with Gasteiger partial charge in [-0.1, -0.05) is 25.1 Å². The number of fused-ring (bicyclic) bond motifs is 1. The number of benzene rings is 1. The molecule has 1 saturated heterocycles. The lowest BCUT2D eigenvalue weighted by atomic mass is 10.1. The number of hydrogen-bond acceptors (Lipinski definition) is 3. The molecule has 120 valence electrons. The second-order valence-corrected chi connectivity index (χ2v) is 5.89. The van der Waals surface area contributed by atoms with Gasteiger partial charge in [0.15, 0.2) is 0 Å². The summed E-state index contributed by atoms with van der Waals surface area (Å²) < 4.78 is 7.40. The van der Waals surface area contributed by atoms with Crippen molar-refractivity contribution >= 4 is 16.8 Å². The summed E-state index contributed by atoms with van der Waals surface area (Å²) in [4.78, 5) is 12.2. The van der Waals surface area contributed by atoms with E-state index in [1.165, 1.54) is 0 Å². The lowest BCUT2D eigenvalue weighted by Gasteiger charge is -2.12. The molecule has 5 heteroatoms. The number of rotatable bonds is 5. The molecule has 1 unspecified atom stereocenters. The van der Waals surface area contributed by atoms with Crippen LogP contribution in [0.15, 0.2) is 24.4 Å². The van der Waals surface area contributed by atoms with E-state index in [1.54, 1.807) is 6.20 Å². The normalized spacial score (nSPS) is 17.3. The number of aromatic nitrogens is 1. The molecule has 0 bridgehead atoms. The Balaban J connectivity index is 1.79. The van der Waals surface area contributed by atoms with Crippen LogP contribution in [0, 0.1) is 11.3 Å². The molecular formula is C18H21N3O2. The molecule has 2 heterocycles. The van der Waals surface area contributed by atoms with Gasteiger partial charge in [-0.05, 0) is 24.8 Å². The van der Waals surface area contributed by atoms with Gasteiger partial charge < -0.3 is 14.6 Å². The van der Waals surface area contributed by atoms with Crippen molar-refractivity contribution in [3.8, 4) is 6.07 Å². The van der Waals surface area contributed by atoms with Gasteiger partial charge in [0.1, 0.15) is 12.6 Å². The lowest BCUT2D eigenvalue weighted by Crippen LogP contribution is -2.34. The van der Waals surface area contributed by atoms with E-state index in [1.807, 2.05) is 22.8 Å². The number of carbonyl (C=O) groups is 1. The molecule has 5 nitrogen and oxygen atoms in total. The van der Waals surface area contributed by atoms with E-state index in [-0.39, 0.29) is 18.6 Å². The maximum atomic E-state index is 12.2. The minimum absolute atomic E-state index is 0.0483. The summed E-state index contributed by atoms with van der Waals surface area (Å²) in [5, 5.41) is 13.2. The minimum Gasteiger partial charge on any atom is -0.376 e. The highest BCUT2D eigenvalue weighted by atomic mass is 16.5. The lowest BCUT2D eigenvalue weighted by molar-refractivity contribution is -0.122. The van der Waals surface area contributed by atoms with Gasteiger partial charge in [0.2, 0.25) is 5.91 Å². The fourth-order valence-corrected chi connectivity index (χ4v) is 3.18. The number of amides is 1. The Morgan fingerprint density at radius 3 is 3.09 bits per heavy atom. The van der Waals surface area contributed by atoms with Gasteiger partial charge >= 0.3 is 0 Å². The monoisotopic (exact) mass is 311 g/mol. The Hall–Kier alpha value is -2.32. The summed E-state index contributed by atoms with van der Waals surface area (Å²) in [6.45, 7) is 3.65. The summed E-state index contributed by atoms with van der Waals surface area (Å²) in [6.07, 6.45) is 4.85. The third kappa shape index (κ3) is 3.22. The van der Waals surface area contributed by atoms with E-state index in [0.717, 1.165) is 42.3 Å². The van der Waals surface area contributed by atoms with Gasteiger partial charge in [0.25, 0.3) is 0 Å². The molecule has 0 aliphatic carbocycles. The maximum absolute atomic E-state index is 12.2. The van der Waals surface area contributed by atoms with Crippen LogP contribution in [0.4, 0.5) is 0 Å². The van der Waals surface area contributed by atoms with E-state index in [9.17, 15) is 10.1 Å². The third-order valence-corrected chi connectivity index (χ3v) is 4.35. The molecule has 1 fully saturated rings. The zero-order valence-corrected chi connectivity index (χ0v) is 13.3. The second-order valence-electron chi connectivity index (χ2n) is 5.89. The van der Waals surface area contributed by atoms with Crippen molar-refractivity contribution in [2.75, 3.05) is 13.2 Å². The topological polar surface area (TPSA) is 67.0 Å². The van der Waals surface area contributed by atoms with Gasteiger partial charge in [-0.2, -0.15) is 5.26 Å². The molecule has 1 amide bonds. The van der Waals surface area contributed by atoms with Crippen LogP contribution in [0.3, 0.4) is 0 Å². The van der Waals surface area contributed by atoms with Crippen molar-refractivity contribution in [1.29, 1.82) is 5.26 Å². The van der Waals surface area contributed by atoms with Crippen molar-refractivity contribution in [3.63, 3.8) is 0 Å². The summed E-state index contributed by atoms with van der Waals surface area (Å²) in [7, 11) is 0. The van der Waals surface area contributed by atoms with E-state index >= 15 is 0 Å². The van der Waals surface area contributed by atoms with Crippen molar-refractivity contribution in [3.05, 3.63) is 35.5 Å². The molecule has 0 saturated carbocycles. The van der Waals surface area contributed by atoms with Gasteiger partial charge in [0.05, 0.1) is 17.2 Å². The standard InChI is InChI=1S/C18H21N3O2/c1-2-13-5-3-7-16-14(9-19)11-21(18(13)16)12-17(22)20-10-15-6-4-8-23-15/h3,5,7,11,15H,2,4,6,8,10,12H2,1H3,(H,20,22). The molecule has 0 radical (unpaired) electrons. The highest BCUT2D eigenvalue weighted by molar-refractivity contribution is 5.90. The molecule has 1 N–H and O–H groups in total. The van der Waals surface area contributed by atoms with Crippen molar-refractivity contribution in [2.24, 2.45) is 0 Å². The van der Waals surface area contributed by atoms with Crippen LogP contribution in [0.2, 0.25) is 0 Å². The summed E-state index contributed by atoms with van der Waals surface area (Å²) in [6, 6.07) is 8.17. The quantitative estimate of drug-likeness (QED) is 0.922. The third-order valence-electron chi connectivity index (χ3n) is 4.35. The molecule has 2 aromatic rings. The predicted molar refractivity (Wildman–Crippen MR) is 88.0 cm³/mol. The SMILES string of the molecule is CCc1cccc2c(C#N)cn(CC(=O)NCC3CCCO3)c12. The molecule has 1 aliphatic rings. The number of aryl methyl sites for hydroxylation is 1. The van der Waals surface area contributed by atoms with Crippen molar-refractivity contribution in [2.45, 2.75) is 38.8 Å². The molecule has 1 atom stereocenters. The fraction of sp³-hybridized carbons (Fsp3) is 0.444. The molecule has 1 aliphatic heterocycles. The molecule has 1 aromatic carbocycles. The van der Waals surface area contributed by atoms with Gasteiger partial charge in [0, 0.05) is 24.7 Å². The average Bonchev–Trinajstić information content (AvgIpc) is 3.20. The highest BCUT2D eigenvalue weighted by Gasteiger charge is 2.17. The van der Waals surface area contributed by atoms with Crippen LogP contribution >= 0.6 is 0 Å². The van der Waals surface area contributed by atoms with Crippen molar-refractivity contribution in [1.82, 2.24) is 9.88 Å². The second kappa shape index (κ2) is 6.84. The summed E-state index contributed by atoms with van der Waals surface area (Å²) in [5.41, 5.74) is 2.75. The van der Waals surface area contributed by atoms with Crippen LogP contribution in [-0.2, 0) is 22.5 Å². The molecular weight excluding hydrogens is 290 g/mol. The minimum atomic E-state index is -0.0483. The van der Waals surface area contributed by atoms with E-state index in [4.69, 9.17) is 4.74 Å². The Morgan fingerprint density at radius 1 is 1.52 bits per heavy atom. The smallest absolute Gasteiger partial charge is 0.240 e. The van der Waals surface area contributed by atoms with Gasteiger partial charge in [-0.15, -0.1) is 0 Å². The van der Waals surface area contributed by atoms with Crippen LogP contribution in [0.1, 0.15) is 30.9 Å². The summed E-state index contributed by atoms with van der Waals surface area (Å²) in [5.74, 6) is -0.0483. The van der Waals surface area contributed by atoms with Crippen LogP contribution < -0.4 is 5.32 Å². The maximum Gasteiger partial charge on any atom is 0.240 e. The van der Waals surface area contributed by atoms with Crippen LogP contribution in [0.25, 0.3) is 10.9 Å². The van der Waals surface area contributed by atoms with E-state index in [0.29, 0.717) is 12.1 Å². The number of nitriles is 1. The van der Waals surface area contributed by atoms with Gasteiger partial charge in [-0.25, -0.2) is 0 Å². The van der Waals surface area contributed by atoms with Gasteiger partial charge in [-0.3, -0.25) is 4.79 Å². The number of hydrogen-bond donors (Lipinski definition) is 1. The first-order valence-electron chi connectivity index (χ1n) is 8.12. The van der Waals surface area contributed by atoms with E-state index in [2.05, 4.69) is 18.3 Å². The number of nitrogens with one attached hydrogen (secondary N) is 1. The number of para-hydroxylation sites is 1. The Labute approximate surface area is 135 Å². The number of ether oxygens (including phenoxy) is 1. The Morgan fingerprint density at radius 2 is 2.39 bits per heavy atom. The van der Waals surface area contributed by atoms with Crippen LogP contribution in [0.5, 0.6) is 0 Å². The molecule has 3 rings (SSSR count). The first kappa shape index (κ1) is 15.6. The molecule has 1 aromatic heterocycles. The average molecular weight is 311 g/mol. The Bertz CT molecular complexity index is 751. The summed E-state index contributed by atoms with van der Waals surface area (Å²) >= 11 is 0. The zero-order chi connectivity index (χ0) is 16.2. The molecule has 0 spiro atoms. The largest absolute Gasteiger partial charge is 0.376 e. The first-order chi connectivity index (χ1) is 11.2. The van der Waals surface area contributed by atoms with Crippen LogP contribution in [-0.4, -0.2) is 29.7 Å². The van der Waals surface area contributed by atoms with E-state index < -0.39 is 0 Å². The van der Waals surface area contributed by atoms with Crippen molar-refractivity contribution < 1.29 is 9.53 Å². The predicted octanol–water partition coefficient (Wildman–Crippen LogP) is 2.37. The Kier molecular flexibility index (Phi) is 4.63.